The normalized spacial score (nSPS) is 9.18. The van der Waals surface area contributed by atoms with Crippen LogP contribution in [0.3, 0.4) is 0 Å². The Bertz CT molecular complexity index is 416. The summed E-state index contributed by atoms with van der Waals surface area (Å²) in [5.41, 5.74) is 0.962. The molecule has 0 atom stereocenters. The molecule has 0 N–H and O–H groups in total. The molecule has 0 unspecified atom stereocenters. The molecule has 0 saturated heterocycles. The van der Waals surface area contributed by atoms with Crippen LogP contribution in [0, 0.1) is 0 Å². The predicted molar refractivity (Wildman–Crippen MR) is 63.3 cm³/mol. The van der Waals surface area contributed by atoms with Crippen LogP contribution in [-0.2, 0) is 11.2 Å². The third-order valence-corrected chi connectivity index (χ3v) is 2.17. The van der Waals surface area contributed by atoms with Gasteiger partial charge < -0.3 is 6.16 Å². The van der Waals surface area contributed by atoms with Crippen LogP contribution in [0.4, 0.5) is 0 Å². The molecule has 2 rings (SSSR count). The van der Waals surface area contributed by atoms with E-state index < -0.39 is 0 Å². The number of esters is 1. The zero-order valence-electron chi connectivity index (χ0n) is 10.8. The zero-order chi connectivity index (χ0) is 11.2. The first-order valence-electron chi connectivity index (χ1n) is 5.14. The Morgan fingerprint density at radius 2 is 1.47 bits per heavy atom. The Balaban J connectivity index is 0.00000144. The topological polar surface area (TPSA) is 26.3 Å². The molecule has 0 spiro atoms. The van der Waals surface area contributed by atoms with Crippen LogP contribution in [0.2, 0.25) is 0 Å². The number of hydrogen-bond acceptors (Lipinski definition) is 2. The van der Waals surface area contributed by atoms with Crippen molar-refractivity contribution < 1.29 is 40.5 Å². The molecule has 2 nitrogen and oxygen atoms in total. The molecule has 0 fully saturated rings. The summed E-state index contributed by atoms with van der Waals surface area (Å²) in [5.74, 6) is 0.348. The minimum absolute atomic E-state index is 0. The molecule has 2 aromatic rings. The summed E-state index contributed by atoms with van der Waals surface area (Å²) in [6.45, 7) is 0. The third kappa shape index (κ3) is 4.73. The van der Waals surface area contributed by atoms with Gasteiger partial charge in [0.1, 0.15) is 5.75 Å². The van der Waals surface area contributed by atoms with Gasteiger partial charge in [0, 0.05) is 0 Å². The van der Waals surface area contributed by atoms with Crippen LogP contribution < -0.4 is 34.3 Å². The maximum Gasteiger partial charge on any atom is 1.00 e. The molecule has 0 saturated carbocycles. The van der Waals surface area contributed by atoms with Crippen molar-refractivity contribution in [3.63, 3.8) is 0 Å². The first-order chi connectivity index (χ1) is 7.84. The van der Waals surface area contributed by atoms with Gasteiger partial charge in [-0.05, 0) is 17.7 Å². The molecular formula is C14H13NaO2. The van der Waals surface area contributed by atoms with Crippen molar-refractivity contribution in [1.29, 1.82) is 0 Å². The molecule has 0 aliphatic heterocycles. The molecule has 82 valence electrons. The summed E-state index contributed by atoms with van der Waals surface area (Å²) in [6.07, 6.45) is 0.301. The Morgan fingerprint density at radius 1 is 0.941 bits per heavy atom. The maximum absolute atomic E-state index is 11.6. The predicted octanol–water partition coefficient (Wildman–Crippen LogP) is -0.0488. The molecular weight excluding hydrogens is 223 g/mol. The van der Waals surface area contributed by atoms with Gasteiger partial charge in [-0.1, -0.05) is 48.5 Å². The Kier molecular flexibility index (Phi) is 5.98. The van der Waals surface area contributed by atoms with Gasteiger partial charge in [0.05, 0.1) is 6.42 Å². The van der Waals surface area contributed by atoms with Gasteiger partial charge in [-0.15, -0.1) is 0 Å². The molecule has 0 bridgehead atoms. The Hall–Kier alpha value is -1.09. The molecule has 17 heavy (non-hydrogen) atoms. The fourth-order valence-electron chi connectivity index (χ4n) is 1.42. The molecule has 0 aliphatic rings. The van der Waals surface area contributed by atoms with E-state index in [0.29, 0.717) is 12.2 Å². The van der Waals surface area contributed by atoms with Gasteiger partial charge in [0.2, 0.25) is 0 Å². The average Bonchev–Trinajstić information content (AvgIpc) is 2.31. The van der Waals surface area contributed by atoms with Gasteiger partial charge in [0.25, 0.3) is 0 Å². The van der Waals surface area contributed by atoms with Gasteiger partial charge in [-0.2, -0.15) is 0 Å². The van der Waals surface area contributed by atoms with E-state index in [1.807, 2.05) is 48.5 Å². The van der Waals surface area contributed by atoms with Crippen molar-refractivity contribution in [2.24, 2.45) is 0 Å². The van der Waals surface area contributed by atoms with Crippen molar-refractivity contribution >= 4 is 5.97 Å². The minimum atomic E-state index is -0.239. The monoisotopic (exact) mass is 236 g/mol. The fraction of sp³-hybridized carbons (Fsp3) is 0.0714. The number of carbonyl (C=O) groups is 1. The van der Waals surface area contributed by atoms with E-state index in [0.717, 1.165) is 5.56 Å². The molecule has 0 aromatic heterocycles. The van der Waals surface area contributed by atoms with E-state index in [1.165, 1.54) is 0 Å². The first-order valence-corrected chi connectivity index (χ1v) is 5.14. The standard InChI is InChI=1S/C14H12O2.Na.H/c15-14(11-12-7-3-1-4-8-12)16-13-9-5-2-6-10-13;;/h1-10H,11H2;;/q;+1;-1. The summed E-state index contributed by atoms with van der Waals surface area (Å²) < 4.78 is 5.18. The molecule has 0 radical (unpaired) electrons. The largest absolute Gasteiger partial charge is 1.00 e. The quantitative estimate of drug-likeness (QED) is 0.424. The van der Waals surface area contributed by atoms with Crippen LogP contribution in [0.1, 0.15) is 6.99 Å². The van der Waals surface area contributed by atoms with Gasteiger partial charge in [0.15, 0.2) is 0 Å². The maximum atomic E-state index is 11.6. The number of rotatable bonds is 3. The molecule has 0 aliphatic carbocycles. The van der Waals surface area contributed by atoms with Crippen molar-refractivity contribution in [3.8, 4) is 5.75 Å². The van der Waals surface area contributed by atoms with E-state index in [9.17, 15) is 4.79 Å². The SMILES string of the molecule is O=C(Cc1ccccc1)Oc1ccccc1.[H-].[Na+]. The van der Waals surface area contributed by atoms with E-state index in [4.69, 9.17) is 4.74 Å². The van der Waals surface area contributed by atoms with Gasteiger partial charge in [-0.25, -0.2) is 0 Å². The third-order valence-electron chi connectivity index (χ3n) is 2.17. The Labute approximate surface area is 124 Å². The number of hydrogen-bond donors (Lipinski definition) is 0. The van der Waals surface area contributed by atoms with E-state index >= 15 is 0 Å². The first kappa shape index (κ1) is 14.0. The van der Waals surface area contributed by atoms with Crippen LogP contribution in [0.5, 0.6) is 5.75 Å². The molecule has 2 aromatic carbocycles. The second-order valence-electron chi connectivity index (χ2n) is 3.45. The Morgan fingerprint density at radius 3 is 2.06 bits per heavy atom. The molecule has 3 heteroatoms. The van der Waals surface area contributed by atoms with Crippen molar-refractivity contribution in [2.45, 2.75) is 6.42 Å². The van der Waals surface area contributed by atoms with Crippen molar-refractivity contribution in [1.82, 2.24) is 0 Å². The summed E-state index contributed by atoms with van der Waals surface area (Å²) in [4.78, 5) is 11.6. The van der Waals surface area contributed by atoms with Crippen molar-refractivity contribution in [2.75, 3.05) is 0 Å². The second kappa shape index (κ2) is 7.28. The van der Waals surface area contributed by atoms with E-state index in [1.54, 1.807) is 12.1 Å². The zero-order valence-corrected chi connectivity index (χ0v) is 11.8. The summed E-state index contributed by atoms with van der Waals surface area (Å²) >= 11 is 0. The molecule has 0 heterocycles. The summed E-state index contributed by atoms with van der Waals surface area (Å²) in [6, 6.07) is 18.7. The van der Waals surface area contributed by atoms with Crippen LogP contribution >= 0.6 is 0 Å². The number of benzene rings is 2. The van der Waals surface area contributed by atoms with Crippen LogP contribution in [0.25, 0.3) is 0 Å². The van der Waals surface area contributed by atoms with Gasteiger partial charge >= 0.3 is 35.5 Å². The number of para-hydroxylation sites is 1. The van der Waals surface area contributed by atoms with Crippen LogP contribution in [0.15, 0.2) is 60.7 Å². The van der Waals surface area contributed by atoms with E-state index in [2.05, 4.69) is 0 Å². The smallest absolute Gasteiger partial charge is 1.00 e. The van der Waals surface area contributed by atoms with Crippen LogP contribution in [-0.4, -0.2) is 5.97 Å². The van der Waals surface area contributed by atoms with E-state index in [-0.39, 0.29) is 37.0 Å². The minimum Gasteiger partial charge on any atom is -1.00 e. The summed E-state index contributed by atoms with van der Waals surface area (Å²) in [7, 11) is 0. The number of carbonyl (C=O) groups excluding carboxylic acids is 1. The fourth-order valence-corrected chi connectivity index (χ4v) is 1.42. The average molecular weight is 236 g/mol. The van der Waals surface area contributed by atoms with Gasteiger partial charge in [-0.3, -0.25) is 4.79 Å². The summed E-state index contributed by atoms with van der Waals surface area (Å²) in [5, 5.41) is 0. The van der Waals surface area contributed by atoms with Crippen molar-refractivity contribution in [3.05, 3.63) is 66.2 Å². The second-order valence-corrected chi connectivity index (χ2v) is 3.45. The number of ether oxygens (including phenoxy) is 1. The molecule has 0 amide bonds.